The average molecular weight is 233 g/mol. The molecule has 2 aliphatic rings. The highest BCUT2D eigenvalue weighted by Crippen LogP contribution is 2.36. The van der Waals surface area contributed by atoms with Gasteiger partial charge in [0.2, 0.25) is 0 Å². The van der Waals surface area contributed by atoms with Gasteiger partial charge in [0.1, 0.15) is 0 Å². The molecule has 3 nitrogen and oxygen atoms in total. The van der Waals surface area contributed by atoms with Gasteiger partial charge in [-0.1, -0.05) is 24.3 Å². The topological polar surface area (TPSA) is 32.7 Å². The standard InChI is InChI=1S/C14H19NO2/c16-14-12(10-15-5-7-17-8-6-15)9-11-3-1-2-4-13(11)14/h1-4,12,14,16H,5-10H2. The Kier molecular flexibility index (Phi) is 3.14. The highest BCUT2D eigenvalue weighted by atomic mass is 16.5. The summed E-state index contributed by atoms with van der Waals surface area (Å²) in [6.45, 7) is 4.64. The van der Waals surface area contributed by atoms with Crippen molar-refractivity contribution in [2.45, 2.75) is 12.5 Å². The molecule has 17 heavy (non-hydrogen) atoms. The fraction of sp³-hybridized carbons (Fsp3) is 0.571. The number of morpholine rings is 1. The Labute approximate surface area is 102 Å². The molecule has 1 fully saturated rings. The van der Waals surface area contributed by atoms with Crippen molar-refractivity contribution >= 4 is 0 Å². The SMILES string of the molecule is OC1c2ccccc2CC1CN1CCOCC1. The molecule has 0 spiro atoms. The first-order chi connectivity index (χ1) is 8.34. The van der Waals surface area contributed by atoms with Gasteiger partial charge >= 0.3 is 0 Å². The van der Waals surface area contributed by atoms with Crippen molar-refractivity contribution in [2.24, 2.45) is 5.92 Å². The largest absolute Gasteiger partial charge is 0.388 e. The van der Waals surface area contributed by atoms with Gasteiger partial charge in [0.25, 0.3) is 0 Å². The monoisotopic (exact) mass is 233 g/mol. The molecule has 1 saturated heterocycles. The van der Waals surface area contributed by atoms with E-state index < -0.39 is 0 Å². The maximum absolute atomic E-state index is 10.3. The molecule has 92 valence electrons. The zero-order valence-corrected chi connectivity index (χ0v) is 10.0. The zero-order chi connectivity index (χ0) is 11.7. The van der Waals surface area contributed by atoms with Crippen LogP contribution in [0.3, 0.4) is 0 Å². The molecule has 0 saturated carbocycles. The van der Waals surface area contributed by atoms with E-state index in [-0.39, 0.29) is 6.10 Å². The summed E-state index contributed by atoms with van der Waals surface area (Å²) in [5, 5.41) is 10.3. The summed E-state index contributed by atoms with van der Waals surface area (Å²) in [4.78, 5) is 2.41. The quantitative estimate of drug-likeness (QED) is 0.834. The van der Waals surface area contributed by atoms with Gasteiger partial charge in [0.05, 0.1) is 19.3 Å². The number of ether oxygens (including phenoxy) is 1. The number of aliphatic hydroxyl groups is 1. The molecular weight excluding hydrogens is 214 g/mol. The van der Waals surface area contributed by atoms with Crippen LogP contribution in [-0.4, -0.2) is 42.9 Å². The van der Waals surface area contributed by atoms with Gasteiger partial charge in [-0.2, -0.15) is 0 Å². The number of rotatable bonds is 2. The fourth-order valence-electron chi connectivity index (χ4n) is 2.94. The Morgan fingerprint density at radius 2 is 2.00 bits per heavy atom. The number of hydrogen-bond donors (Lipinski definition) is 1. The van der Waals surface area contributed by atoms with E-state index in [1.165, 1.54) is 5.56 Å². The van der Waals surface area contributed by atoms with Crippen LogP contribution in [0, 0.1) is 5.92 Å². The number of hydrogen-bond acceptors (Lipinski definition) is 3. The van der Waals surface area contributed by atoms with E-state index >= 15 is 0 Å². The van der Waals surface area contributed by atoms with E-state index in [2.05, 4.69) is 23.1 Å². The number of fused-ring (bicyclic) bond motifs is 1. The zero-order valence-electron chi connectivity index (χ0n) is 10.0. The summed E-state index contributed by atoms with van der Waals surface area (Å²) in [6.07, 6.45) is 0.725. The molecular formula is C14H19NO2. The molecule has 3 rings (SSSR count). The molecule has 1 aromatic rings. The third-order valence-corrected chi connectivity index (χ3v) is 3.90. The second-order valence-corrected chi connectivity index (χ2v) is 5.02. The van der Waals surface area contributed by atoms with Crippen LogP contribution in [0.15, 0.2) is 24.3 Å². The molecule has 0 aromatic heterocycles. The van der Waals surface area contributed by atoms with E-state index in [0.29, 0.717) is 5.92 Å². The molecule has 0 radical (unpaired) electrons. The summed E-state index contributed by atoms with van der Waals surface area (Å²) >= 11 is 0. The lowest BCUT2D eigenvalue weighted by molar-refractivity contribution is 0.0155. The maximum Gasteiger partial charge on any atom is 0.0836 e. The summed E-state index contributed by atoms with van der Waals surface area (Å²) in [7, 11) is 0. The maximum atomic E-state index is 10.3. The van der Waals surface area contributed by atoms with Crippen molar-refractivity contribution in [1.29, 1.82) is 0 Å². The molecule has 1 heterocycles. The van der Waals surface area contributed by atoms with Crippen LogP contribution >= 0.6 is 0 Å². The van der Waals surface area contributed by atoms with E-state index in [4.69, 9.17) is 4.74 Å². The predicted molar refractivity (Wildman–Crippen MR) is 65.9 cm³/mol. The molecule has 1 N–H and O–H groups in total. The highest BCUT2D eigenvalue weighted by Gasteiger charge is 2.31. The van der Waals surface area contributed by atoms with Crippen LogP contribution in [0.25, 0.3) is 0 Å². The highest BCUT2D eigenvalue weighted by molar-refractivity contribution is 5.34. The normalized spacial score (nSPS) is 29.2. The molecule has 0 bridgehead atoms. The fourth-order valence-corrected chi connectivity index (χ4v) is 2.94. The van der Waals surface area contributed by atoms with Crippen LogP contribution in [0.5, 0.6) is 0 Å². The van der Waals surface area contributed by atoms with Crippen LogP contribution in [0.4, 0.5) is 0 Å². The summed E-state index contributed by atoms with van der Waals surface area (Å²) in [5.41, 5.74) is 2.45. The van der Waals surface area contributed by atoms with Gasteiger partial charge in [-0.25, -0.2) is 0 Å². The van der Waals surface area contributed by atoms with Crippen molar-refractivity contribution < 1.29 is 9.84 Å². The molecule has 2 unspecified atom stereocenters. The second kappa shape index (κ2) is 4.77. The third-order valence-electron chi connectivity index (χ3n) is 3.90. The Hall–Kier alpha value is -0.900. The van der Waals surface area contributed by atoms with Crippen molar-refractivity contribution in [3.63, 3.8) is 0 Å². The van der Waals surface area contributed by atoms with Gasteiger partial charge < -0.3 is 9.84 Å². The number of nitrogens with zero attached hydrogens (tertiary/aromatic N) is 1. The minimum Gasteiger partial charge on any atom is -0.388 e. The minimum absolute atomic E-state index is 0.283. The van der Waals surface area contributed by atoms with Gasteiger partial charge in [0, 0.05) is 25.6 Å². The Morgan fingerprint density at radius 1 is 1.24 bits per heavy atom. The lowest BCUT2D eigenvalue weighted by atomic mass is 10.0. The molecule has 1 aromatic carbocycles. The van der Waals surface area contributed by atoms with Crippen LogP contribution in [-0.2, 0) is 11.2 Å². The Bertz CT molecular complexity index is 388. The first-order valence-corrected chi connectivity index (χ1v) is 6.40. The van der Waals surface area contributed by atoms with Gasteiger partial charge in [0.15, 0.2) is 0 Å². The Balaban J connectivity index is 1.67. The lowest BCUT2D eigenvalue weighted by Crippen LogP contribution is -2.40. The summed E-state index contributed by atoms with van der Waals surface area (Å²) in [6, 6.07) is 8.26. The van der Waals surface area contributed by atoms with E-state index in [9.17, 15) is 5.11 Å². The van der Waals surface area contributed by atoms with Gasteiger partial charge in [-0.15, -0.1) is 0 Å². The lowest BCUT2D eigenvalue weighted by Gasteiger charge is -2.30. The van der Waals surface area contributed by atoms with Crippen LogP contribution in [0.2, 0.25) is 0 Å². The second-order valence-electron chi connectivity index (χ2n) is 5.02. The predicted octanol–water partition coefficient (Wildman–Crippen LogP) is 1.22. The van der Waals surface area contributed by atoms with Crippen molar-refractivity contribution in [2.75, 3.05) is 32.8 Å². The van der Waals surface area contributed by atoms with Crippen molar-refractivity contribution in [3.05, 3.63) is 35.4 Å². The van der Waals surface area contributed by atoms with Gasteiger partial charge in [-0.05, 0) is 17.5 Å². The van der Waals surface area contributed by atoms with Crippen LogP contribution in [0.1, 0.15) is 17.2 Å². The molecule has 1 aliphatic heterocycles. The van der Waals surface area contributed by atoms with Crippen LogP contribution < -0.4 is 0 Å². The number of aliphatic hydroxyl groups excluding tert-OH is 1. The summed E-state index contributed by atoms with van der Waals surface area (Å²) < 4.78 is 5.35. The molecule has 3 heteroatoms. The van der Waals surface area contributed by atoms with E-state index in [1.54, 1.807) is 0 Å². The van der Waals surface area contributed by atoms with Crippen molar-refractivity contribution in [3.8, 4) is 0 Å². The smallest absolute Gasteiger partial charge is 0.0836 e. The molecule has 0 amide bonds. The summed E-state index contributed by atoms with van der Waals surface area (Å²) in [5.74, 6) is 0.352. The van der Waals surface area contributed by atoms with Gasteiger partial charge in [-0.3, -0.25) is 4.90 Å². The molecule has 2 atom stereocenters. The third kappa shape index (κ3) is 2.23. The first kappa shape index (κ1) is 11.2. The first-order valence-electron chi connectivity index (χ1n) is 6.40. The average Bonchev–Trinajstić information content (AvgIpc) is 2.68. The Morgan fingerprint density at radius 3 is 2.76 bits per heavy atom. The van der Waals surface area contributed by atoms with E-state index in [0.717, 1.165) is 44.8 Å². The van der Waals surface area contributed by atoms with E-state index in [1.807, 2.05) is 6.07 Å². The molecule has 1 aliphatic carbocycles. The minimum atomic E-state index is -0.283. The van der Waals surface area contributed by atoms with Crippen molar-refractivity contribution in [1.82, 2.24) is 4.90 Å². The number of benzene rings is 1.